The van der Waals surface area contributed by atoms with Crippen LogP contribution >= 0.6 is 0 Å². The molecule has 0 atom stereocenters. The second-order valence-corrected chi connectivity index (χ2v) is 6.44. The highest BCUT2D eigenvalue weighted by Crippen LogP contribution is 2.19. The fraction of sp³-hybridized carbons (Fsp3) is 0.263. The number of furan rings is 1. The zero-order valence-electron chi connectivity index (χ0n) is 14.0. The molecule has 0 unspecified atom stereocenters. The van der Waals surface area contributed by atoms with Gasteiger partial charge >= 0.3 is 0 Å². The number of piperidine rings is 1. The topological polar surface area (TPSA) is 78.3 Å². The number of nitrogens with zero attached hydrogens (tertiary/aromatic N) is 1. The van der Waals surface area contributed by atoms with Crippen molar-refractivity contribution in [3.8, 4) is 0 Å². The molecule has 2 N–H and O–H groups in total. The number of hydrogen-bond acceptors (Lipinski definition) is 3. The first kappa shape index (κ1) is 16.4. The Labute approximate surface area is 149 Å². The summed E-state index contributed by atoms with van der Waals surface area (Å²) in [4.78, 5) is 29.4. The van der Waals surface area contributed by atoms with E-state index in [0.717, 1.165) is 0 Å². The number of H-pyrrole nitrogens is 1. The number of hydrogen-bond donors (Lipinski definition) is 2. The van der Waals surface area contributed by atoms with Gasteiger partial charge in [0.15, 0.2) is 0 Å². The number of nitrogens with one attached hydrogen (secondary N) is 2. The van der Waals surface area contributed by atoms with E-state index in [-0.39, 0.29) is 23.7 Å². The smallest absolute Gasteiger partial charge is 0.267 e. The summed E-state index contributed by atoms with van der Waals surface area (Å²) in [5.74, 6) is -0.682. The molecule has 2 amide bonds. The van der Waals surface area contributed by atoms with E-state index in [9.17, 15) is 14.0 Å². The summed E-state index contributed by atoms with van der Waals surface area (Å²) in [6.07, 6.45) is 4.25. The number of benzene rings is 1. The molecule has 4 rings (SSSR count). The van der Waals surface area contributed by atoms with E-state index >= 15 is 0 Å². The van der Waals surface area contributed by atoms with Gasteiger partial charge in [0.05, 0.1) is 11.8 Å². The molecule has 3 aromatic rings. The van der Waals surface area contributed by atoms with Crippen LogP contribution in [0, 0.1) is 5.82 Å². The summed E-state index contributed by atoms with van der Waals surface area (Å²) in [5, 5.41) is 3.36. The van der Waals surface area contributed by atoms with E-state index in [1.165, 1.54) is 24.7 Å². The first-order valence-electron chi connectivity index (χ1n) is 8.51. The monoisotopic (exact) mass is 355 g/mol. The van der Waals surface area contributed by atoms with E-state index in [1.807, 2.05) is 0 Å². The minimum Gasteiger partial charge on any atom is -0.472 e. The molecule has 6 nitrogen and oxygen atoms in total. The maximum atomic E-state index is 13.8. The second-order valence-electron chi connectivity index (χ2n) is 6.44. The van der Waals surface area contributed by atoms with Gasteiger partial charge in [0.1, 0.15) is 17.8 Å². The number of carbonyl (C=O) groups excluding carboxylic acids is 2. The highest BCUT2D eigenvalue weighted by atomic mass is 19.1. The minimum absolute atomic E-state index is 0.0211. The SMILES string of the molecule is O=C(NC1CCN(C(=O)c2ccoc2)CC1)c1cc2c(F)cccc2[nH]1. The Morgan fingerprint density at radius 2 is 2.04 bits per heavy atom. The highest BCUT2D eigenvalue weighted by Gasteiger charge is 2.25. The van der Waals surface area contributed by atoms with Crippen molar-refractivity contribution < 1.29 is 18.4 Å². The van der Waals surface area contributed by atoms with E-state index in [0.29, 0.717) is 48.1 Å². The summed E-state index contributed by atoms with van der Waals surface area (Å²) >= 11 is 0. The molecule has 1 saturated heterocycles. The van der Waals surface area contributed by atoms with Gasteiger partial charge in [0.2, 0.25) is 0 Å². The second kappa shape index (κ2) is 6.67. The van der Waals surface area contributed by atoms with Gasteiger partial charge in [-0.2, -0.15) is 0 Å². The van der Waals surface area contributed by atoms with Crippen LogP contribution < -0.4 is 5.32 Å². The average Bonchev–Trinajstić information content (AvgIpc) is 3.32. The van der Waals surface area contributed by atoms with Crippen molar-refractivity contribution in [3.63, 3.8) is 0 Å². The Kier molecular flexibility index (Phi) is 4.20. The molecule has 2 aromatic heterocycles. The quantitative estimate of drug-likeness (QED) is 0.758. The maximum absolute atomic E-state index is 13.8. The largest absolute Gasteiger partial charge is 0.472 e. The Bertz CT molecular complexity index is 940. The summed E-state index contributed by atoms with van der Waals surface area (Å²) in [7, 11) is 0. The molecule has 1 aliphatic heterocycles. The molecular weight excluding hydrogens is 337 g/mol. The molecule has 0 saturated carbocycles. The van der Waals surface area contributed by atoms with E-state index < -0.39 is 0 Å². The summed E-state index contributed by atoms with van der Waals surface area (Å²) < 4.78 is 18.7. The lowest BCUT2D eigenvalue weighted by molar-refractivity contribution is 0.0697. The van der Waals surface area contributed by atoms with E-state index in [4.69, 9.17) is 4.42 Å². The van der Waals surface area contributed by atoms with Gasteiger partial charge in [-0.3, -0.25) is 9.59 Å². The Balaban J connectivity index is 1.37. The zero-order chi connectivity index (χ0) is 18.1. The van der Waals surface area contributed by atoms with Crippen molar-refractivity contribution in [1.82, 2.24) is 15.2 Å². The van der Waals surface area contributed by atoms with Crippen LogP contribution in [0.5, 0.6) is 0 Å². The lowest BCUT2D eigenvalue weighted by atomic mass is 10.0. The number of carbonyl (C=O) groups is 2. The molecule has 26 heavy (non-hydrogen) atoms. The van der Waals surface area contributed by atoms with Crippen LogP contribution in [-0.4, -0.2) is 40.8 Å². The summed E-state index contributed by atoms with van der Waals surface area (Å²) in [5.41, 5.74) is 1.46. The van der Waals surface area contributed by atoms with E-state index in [2.05, 4.69) is 10.3 Å². The van der Waals surface area contributed by atoms with Crippen molar-refractivity contribution in [2.75, 3.05) is 13.1 Å². The van der Waals surface area contributed by atoms with Gasteiger partial charge in [-0.1, -0.05) is 6.07 Å². The van der Waals surface area contributed by atoms with Crippen molar-refractivity contribution >= 4 is 22.7 Å². The van der Waals surface area contributed by atoms with Gasteiger partial charge in [0, 0.05) is 30.0 Å². The number of amides is 2. The lowest BCUT2D eigenvalue weighted by Gasteiger charge is -2.32. The van der Waals surface area contributed by atoms with Crippen molar-refractivity contribution in [1.29, 1.82) is 0 Å². The molecule has 0 spiro atoms. The maximum Gasteiger partial charge on any atom is 0.267 e. The van der Waals surface area contributed by atoms with Gasteiger partial charge in [-0.05, 0) is 37.1 Å². The average molecular weight is 355 g/mol. The number of likely N-dealkylation sites (tertiary alicyclic amines) is 1. The highest BCUT2D eigenvalue weighted by molar-refractivity contribution is 5.98. The molecule has 0 radical (unpaired) electrons. The fourth-order valence-corrected chi connectivity index (χ4v) is 3.30. The van der Waals surface area contributed by atoms with Crippen LogP contribution in [0.3, 0.4) is 0 Å². The zero-order valence-corrected chi connectivity index (χ0v) is 14.0. The molecule has 3 heterocycles. The first-order chi connectivity index (χ1) is 12.6. The van der Waals surface area contributed by atoms with E-state index in [1.54, 1.807) is 23.1 Å². The number of rotatable bonds is 3. The van der Waals surface area contributed by atoms with Crippen LogP contribution in [0.2, 0.25) is 0 Å². The predicted octanol–water partition coefficient (Wildman–Crippen LogP) is 2.93. The first-order valence-corrected chi connectivity index (χ1v) is 8.51. The normalized spacial score (nSPS) is 15.3. The number of fused-ring (bicyclic) bond motifs is 1. The Morgan fingerprint density at radius 1 is 1.23 bits per heavy atom. The standard InChI is InChI=1S/C19H18FN3O3/c20-15-2-1-3-16-14(15)10-17(22-16)18(24)21-13-4-7-23(8-5-13)19(25)12-6-9-26-11-12/h1-3,6,9-11,13,22H,4-5,7-8H2,(H,21,24). The third-order valence-electron chi connectivity index (χ3n) is 4.74. The van der Waals surface area contributed by atoms with Crippen LogP contribution in [-0.2, 0) is 0 Å². The molecule has 1 aliphatic rings. The minimum atomic E-state index is -0.358. The van der Waals surface area contributed by atoms with Gasteiger partial charge < -0.3 is 19.6 Å². The van der Waals surface area contributed by atoms with Gasteiger partial charge in [-0.15, -0.1) is 0 Å². The number of halogens is 1. The molecule has 7 heteroatoms. The summed E-state index contributed by atoms with van der Waals surface area (Å²) in [6.45, 7) is 1.13. The molecule has 1 aromatic carbocycles. The Morgan fingerprint density at radius 3 is 2.73 bits per heavy atom. The molecule has 0 aliphatic carbocycles. The number of aromatic nitrogens is 1. The lowest BCUT2D eigenvalue weighted by Crippen LogP contribution is -2.46. The third-order valence-corrected chi connectivity index (χ3v) is 4.74. The van der Waals surface area contributed by atoms with Gasteiger partial charge in [0.25, 0.3) is 11.8 Å². The predicted molar refractivity (Wildman–Crippen MR) is 93.4 cm³/mol. The van der Waals surface area contributed by atoms with Crippen molar-refractivity contribution in [2.24, 2.45) is 0 Å². The molecule has 0 bridgehead atoms. The van der Waals surface area contributed by atoms with Crippen molar-refractivity contribution in [3.05, 3.63) is 59.9 Å². The van der Waals surface area contributed by atoms with Crippen LogP contribution in [0.1, 0.15) is 33.7 Å². The van der Waals surface area contributed by atoms with Crippen LogP contribution in [0.15, 0.2) is 47.3 Å². The van der Waals surface area contributed by atoms with Crippen LogP contribution in [0.4, 0.5) is 4.39 Å². The molecule has 1 fully saturated rings. The fourth-order valence-electron chi connectivity index (χ4n) is 3.30. The number of aromatic amines is 1. The van der Waals surface area contributed by atoms with Crippen LogP contribution in [0.25, 0.3) is 10.9 Å². The molecule has 134 valence electrons. The summed E-state index contributed by atoms with van der Waals surface area (Å²) in [6, 6.07) is 7.85. The van der Waals surface area contributed by atoms with Gasteiger partial charge in [-0.25, -0.2) is 4.39 Å². The molecular formula is C19H18FN3O3. The Hall–Kier alpha value is -3.09. The van der Waals surface area contributed by atoms with Crippen molar-refractivity contribution in [2.45, 2.75) is 18.9 Å². The third kappa shape index (κ3) is 3.08.